The fraction of sp³-hybridized carbons (Fsp3) is 0.405. The summed E-state index contributed by atoms with van der Waals surface area (Å²) < 4.78 is 14.0. The van der Waals surface area contributed by atoms with Crippen LogP contribution in [0.3, 0.4) is 0 Å². The average Bonchev–Trinajstić information content (AvgIpc) is 3.37. The number of aryl methyl sites for hydroxylation is 1. The van der Waals surface area contributed by atoms with Crippen LogP contribution in [-0.2, 0) is 38.4 Å². The summed E-state index contributed by atoms with van der Waals surface area (Å²) in [5.74, 6) is -0.846. The largest absolute Gasteiger partial charge is 0.508 e. The molecule has 2 aliphatic heterocycles. The number of ether oxygens (including phenoxy) is 2. The minimum atomic E-state index is -0.684. The summed E-state index contributed by atoms with van der Waals surface area (Å²) in [4.78, 5) is 31.3. The smallest absolute Gasteiger partial charge is 0.324 e. The number of rotatable bonds is 4. The van der Waals surface area contributed by atoms with Gasteiger partial charge in [-0.05, 0) is 91.8 Å². The van der Waals surface area contributed by atoms with Gasteiger partial charge in [0.05, 0.1) is 24.1 Å². The quantitative estimate of drug-likeness (QED) is 0.235. The number of aromatic hydroxyl groups is 1. The molecule has 0 aliphatic carbocycles. The van der Waals surface area contributed by atoms with E-state index in [2.05, 4.69) is 49.0 Å². The number of aromatic nitrogens is 2. The molecule has 47 heavy (non-hydrogen) atoms. The molecule has 4 heterocycles. The molecule has 0 radical (unpaired) electrons. The van der Waals surface area contributed by atoms with Gasteiger partial charge in [0.1, 0.15) is 17.5 Å². The molecule has 0 saturated carbocycles. The lowest BCUT2D eigenvalue weighted by molar-refractivity contribution is -0.153. The molecule has 10 nitrogen and oxygen atoms in total. The van der Waals surface area contributed by atoms with Crippen molar-refractivity contribution in [3.05, 3.63) is 71.5 Å². The van der Waals surface area contributed by atoms with Crippen molar-refractivity contribution < 1.29 is 24.2 Å². The minimum Gasteiger partial charge on any atom is -0.508 e. The van der Waals surface area contributed by atoms with Gasteiger partial charge >= 0.3 is 5.97 Å². The highest BCUT2D eigenvalue weighted by atomic mass is 16.5. The van der Waals surface area contributed by atoms with Crippen molar-refractivity contribution in [3.63, 3.8) is 0 Å². The number of nitrogens with zero attached hydrogens (tertiary/aromatic N) is 3. The Balaban J connectivity index is 1.57. The van der Waals surface area contributed by atoms with Gasteiger partial charge in [-0.1, -0.05) is 26.0 Å². The van der Waals surface area contributed by atoms with Crippen LogP contribution in [0.25, 0.3) is 33.3 Å². The molecule has 1 fully saturated rings. The molecule has 4 aromatic rings. The number of phenolic OH excluding ortho intramolecular Hbond substituents is 1. The standard InChI is InChI=1S/C37H43N5O5/c1-6-41-32-12-11-24-19-28(32)29(34(41)27-9-7-13-39-33(27)22(2)46-5)20-37(3,4)21-47-36(45)31-10-8-14-42(40-31)35(44)30(38)17-23-15-25(24)18-26(43)16-23/h7,9,11-13,15-16,18-19,22,31,38,40,43H,6,8,10,14,17,20-21H2,1-5H3/t22-,31-/m0/s1. The Morgan fingerprint density at radius 3 is 2.74 bits per heavy atom. The fourth-order valence-electron chi connectivity index (χ4n) is 6.86. The zero-order chi connectivity index (χ0) is 33.5. The van der Waals surface area contributed by atoms with Crippen molar-refractivity contribution in [2.45, 2.75) is 72.1 Å². The summed E-state index contributed by atoms with van der Waals surface area (Å²) in [6.45, 7) is 9.59. The number of hydrazine groups is 1. The second-order valence-corrected chi connectivity index (χ2v) is 13.4. The third kappa shape index (κ3) is 6.40. The van der Waals surface area contributed by atoms with E-state index in [4.69, 9.17) is 19.9 Å². The maximum atomic E-state index is 13.3. The Kier molecular flexibility index (Phi) is 8.91. The van der Waals surface area contributed by atoms with E-state index in [1.54, 1.807) is 25.4 Å². The van der Waals surface area contributed by atoms with E-state index in [9.17, 15) is 14.7 Å². The minimum absolute atomic E-state index is 0.0348. The van der Waals surface area contributed by atoms with Gasteiger partial charge in [-0.15, -0.1) is 0 Å². The Bertz CT molecular complexity index is 1860. The van der Waals surface area contributed by atoms with E-state index >= 15 is 0 Å². The second-order valence-electron chi connectivity index (χ2n) is 13.4. The van der Waals surface area contributed by atoms with Crippen LogP contribution in [0.4, 0.5) is 0 Å². The summed E-state index contributed by atoms with van der Waals surface area (Å²) >= 11 is 0. The average molecular weight is 638 g/mol. The van der Waals surface area contributed by atoms with Crippen LogP contribution >= 0.6 is 0 Å². The van der Waals surface area contributed by atoms with Gasteiger partial charge in [-0.3, -0.25) is 25.0 Å². The first-order chi connectivity index (χ1) is 22.5. The number of amides is 1. The lowest BCUT2D eigenvalue weighted by atomic mass is 9.84. The van der Waals surface area contributed by atoms with Crippen LogP contribution in [0.15, 0.2) is 54.7 Å². The second kappa shape index (κ2) is 12.9. The fourth-order valence-corrected chi connectivity index (χ4v) is 6.86. The summed E-state index contributed by atoms with van der Waals surface area (Å²) in [6, 6.07) is 14.9. The van der Waals surface area contributed by atoms with Crippen LogP contribution in [0.1, 0.15) is 63.5 Å². The van der Waals surface area contributed by atoms with Gasteiger partial charge in [-0.25, -0.2) is 5.43 Å². The number of phenols is 1. The van der Waals surface area contributed by atoms with Gasteiger partial charge in [0.15, 0.2) is 0 Å². The van der Waals surface area contributed by atoms with Crippen molar-refractivity contribution >= 4 is 28.5 Å². The Morgan fingerprint density at radius 1 is 1.17 bits per heavy atom. The van der Waals surface area contributed by atoms with Crippen LogP contribution in [0, 0.1) is 10.8 Å². The highest BCUT2D eigenvalue weighted by molar-refractivity contribution is 6.37. The van der Waals surface area contributed by atoms with E-state index in [1.165, 1.54) is 5.01 Å². The van der Waals surface area contributed by atoms with Crippen LogP contribution in [-0.4, -0.2) is 63.6 Å². The maximum absolute atomic E-state index is 13.3. The number of hydrogen-bond acceptors (Lipinski definition) is 8. The summed E-state index contributed by atoms with van der Waals surface area (Å²) in [7, 11) is 1.68. The molecule has 6 rings (SSSR count). The Hall–Kier alpha value is -4.54. The number of carbonyl (C=O) groups excluding carboxylic acids is 2. The first-order valence-electron chi connectivity index (χ1n) is 16.3. The van der Waals surface area contributed by atoms with Crippen LogP contribution in [0.5, 0.6) is 5.75 Å². The van der Waals surface area contributed by atoms with Crippen molar-refractivity contribution in [1.29, 1.82) is 5.41 Å². The highest BCUT2D eigenvalue weighted by Crippen LogP contribution is 2.42. The molecule has 246 valence electrons. The van der Waals surface area contributed by atoms with E-state index in [-0.39, 0.29) is 30.6 Å². The first-order valence-corrected chi connectivity index (χ1v) is 16.3. The van der Waals surface area contributed by atoms with Crippen LogP contribution in [0.2, 0.25) is 0 Å². The molecule has 1 amide bonds. The molecule has 2 aromatic carbocycles. The zero-order valence-electron chi connectivity index (χ0n) is 27.7. The maximum Gasteiger partial charge on any atom is 0.324 e. The van der Waals surface area contributed by atoms with Gasteiger partial charge in [-0.2, -0.15) is 0 Å². The number of hydrogen-bond donors (Lipinski definition) is 3. The van der Waals surface area contributed by atoms with Gasteiger partial charge in [0, 0.05) is 54.7 Å². The molecule has 2 atom stereocenters. The lowest BCUT2D eigenvalue weighted by Crippen LogP contribution is -2.57. The predicted octanol–water partition coefficient (Wildman–Crippen LogP) is 5.99. The third-order valence-corrected chi connectivity index (χ3v) is 9.24. The topological polar surface area (TPSA) is 130 Å². The number of cyclic esters (lactones) is 1. The number of carbonyl (C=O) groups is 2. The molecule has 0 spiro atoms. The van der Waals surface area contributed by atoms with Gasteiger partial charge in [0.2, 0.25) is 0 Å². The van der Waals surface area contributed by atoms with Gasteiger partial charge in [0.25, 0.3) is 5.91 Å². The summed E-state index contributed by atoms with van der Waals surface area (Å²) in [5, 5.41) is 21.8. The molecule has 2 aromatic heterocycles. The Labute approximate surface area is 275 Å². The molecule has 3 N–H and O–H groups in total. The van der Waals surface area contributed by atoms with Gasteiger partial charge < -0.3 is 19.1 Å². The molecule has 2 aliphatic rings. The zero-order valence-corrected chi connectivity index (χ0v) is 27.7. The number of esters is 1. The lowest BCUT2D eigenvalue weighted by Gasteiger charge is -2.33. The first kappa shape index (κ1) is 32.4. The number of methoxy groups -OCH3 is 1. The number of benzene rings is 2. The SMILES string of the molecule is CCn1c(-c2cccnc2[C@H](C)OC)c2c3cc(ccc31)-c1cc(O)cc(c1)CC(=N)C(=O)N1CCC[C@H](N1)C(=O)OCC(C)(C)C2. The van der Waals surface area contributed by atoms with E-state index in [1.807, 2.05) is 25.1 Å². The summed E-state index contributed by atoms with van der Waals surface area (Å²) in [6.07, 6.45) is 3.33. The Morgan fingerprint density at radius 2 is 1.98 bits per heavy atom. The van der Waals surface area contributed by atoms with Crippen molar-refractivity contribution in [2.75, 3.05) is 20.3 Å². The molecule has 10 heteroatoms. The monoisotopic (exact) mass is 637 g/mol. The third-order valence-electron chi connectivity index (χ3n) is 9.24. The molecule has 6 bridgehead atoms. The van der Waals surface area contributed by atoms with E-state index in [0.717, 1.165) is 44.5 Å². The van der Waals surface area contributed by atoms with Crippen molar-refractivity contribution in [3.8, 4) is 28.1 Å². The van der Waals surface area contributed by atoms with Crippen LogP contribution < -0.4 is 5.43 Å². The number of pyridine rings is 1. The summed E-state index contributed by atoms with van der Waals surface area (Å²) in [5.41, 5.74) is 9.81. The number of nitrogens with one attached hydrogen (secondary N) is 2. The molecular weight excluding hydrogens is 594 g/mol. The van der Waals surface area contributed by atoms with E-state index < -0.39 is 23.3 Å². The van der Waals surface area contributed by atoms with E-state index in [0.29, 0.717) is 37.9 Å². The van der Waals surface area contributed by atoms with Crippen molar-refractivity contribution in [2.24, 2.45) is 5.41 Å². The predicted molar refractivity (Wildman–Crippen MR) is 181 cm³/mol. The van der Waals surface area contributed by atoms with Crippen molar-refractivity contribution in [1.82, 2.24) is 20.0 Å². The highest BCUT2D eigenvalue weighted by Gasteiger charge is 2.33. The number of fused-ring (bicyclic) bond motifs is 6. The molecule has 1 saturated heterocycles. The normalized spacial score (nSPS) is 19.4. The molecule has 0 unspecified atom stereocenters. The molecular formula is C37H43N5O5.